The lowest BCUT2D eigenvalue weighted by Crippen LogP contribution is -2.45. The number of amides is 1. The summed E-state index contributed by atoms with van der Waals surface area (Å²) in [6.07, 6.45) is 10.1. The van der Waals surface area contributed by atoms with Gasteiger partial charge in [-0.3, -0.25) is 10.1 Å². The highest BCUT2D eigenvalue weighted by Gasteiger charge is 2.59. The summed E-state index contributed by atoms with van der Waals surface area (Å²) in [4.78, 5) is 15.0. The van der Waals surface area contributed by atoms with Crippen LogP contribution in [0.5, 0.6) is 0 Å². The molecule has 3 heteroatoms. The zero-order chi connectivity index (χ0) is 14.4. The Morgan fingerprint density at radius 1 is 1.20 bits per heavy atom. The van der Waals surface area contributed by atoms with Crippen molar-refractivity contribution in [3.8, 4) is 0 Å². The third kappa shape index (κ3) is 2.61. The van der Waals surface area contributed by atoms with Crippen molar-refractivity contribution in [2.24, 2.45) is 11.3 Å². The molecule has 0 aromatic rings. The minimum Gasteiger partial charge on any atom is -0.325 e. The number of rotatable bonds is 4. The third-order valence-electron chi connectivity index (χ3n) is 5.55. The van der Waals surface area contributed by atoms with E-state index in [-0.39, 0.29) is 11.7 Å². The first-order chi connectivity index (χ1) is 9.44. The number of hydrogen-bond acceptors (Lipinski definition) is 2. The van der Waals surface area contributed by atoms with E-state index in [0.717, 1.165) is 25.8 Å². The van der Waals surface area contributed by atoms with E-state index in [1.54, 1.807) is 0 Å². The topological polar surface area (TPSA) is 32.3 Å². The molecular formula is C17H30N2O. The molecule has 1 heterocycles. The van der Waals surface area contributed by atoms with Crippen LogP contribution in [0.4, 0.5) is 0 Å². The minimum absolute atomic E-state index is 0.148. The van der Waals surface area contributed by atoms with Gasteiger partial charge in [0.1, 0.15) is 0 Å². The molecule has 114 valence electrons. The molecular weight excluding hydrogens is 248 g/mol. The highest BCUT2D eigenvalue weighted by atomic mass is 16.2. The normalized spacial score (nSPS) is 31.3. The summed E-state index contributed by atoms with van der Waals surface area (Å²) in [5.41, 5.74) is 0.204. The third-order valence-corrected chi connectivity index (χ3v) is 5.55. The van der Waals surface area contributed by atoms with Gasteiger partial charge in [-0.15, -0.1) is 0 Å². The number of nitrogens with zero attached hydrogens (tertiary/aromatic N) is 1. The van der Waals surface area contributed by atoms with E-state index in [2.05, 4.69) is 31.0 Å². The summed E-state index contributed by atoms with van der Waals surface area (Å²) in [6, 6.07) is 0. The molecule has 1 amide bonds. The van der Waals surface area contributed by atoms with E-state index < -0.39 is 0 Å². The van der Waals surface area contributed by atoms with Crippen molar-refractivity contribution in [1.82, 2.24) is 10.2 Å². The second kappa shape index (κ2) is 5.01. The van der Waals surface area contributed by atoms with Crippen LogP contribution in [0.1, 0.15) is 72.1 Å². The average molecular weight is 278 g/mol. The lowest BCUT2D eigenvalue weighted by atomic mass is 9.75. The van der Waals surface area contributed by atoms with Crippen molar-refractivity contribution < 1.29 is 4.79 Å². The molecule has 3 nitrogen and oxygen atoms in total. The number of nitrogens with one attached hydrogen (secondary N) is 1. The van der Waals surface area contributed by atoms with Crippen molar-refractivity contribution in [2.75, 3.05) is 6.54 Å². The summed E-state index contributed by atoms with van der Waals surface area (Å²) >= 11 is 0. The van der Waals surface area contributed by atoms with E-state index in [1.807, 2.05) is 0 Å². The molecule has 0 aromatic heterocycles. The van der Waals surface area contributed by atoms with Gasteiger partial charge < -0.3 is 4.90 Å². The zero-order valence-corrected chi connectivity index (χ0v) is 13.4. The zero-order valence-electron chi connectivity index (χ0n) is 13.4. The lowest BCUT2D eigenvalue weighted by molar-refractivity contribution is -0.132. The van der Waals surface area contributed by atoms with E-state index in [1.165, 1.54) is 32.1 Å². The van der Waals surface area contributed by atoms with Gasteiger partial charge in [0.05, 0.1) is 11.7 Å². The summed E-state index contributed by atoms with van der Waals surface area (Å²) in [7, 11) is 0. The molecule has 3 aliphatic rings. The fourth-order valence-electron chi connectivity index (χ4n) is 4.15. The first kappa shape index (κ1) is 14.4. The van der Waals surface area contributed by atoms with Gasteiger partial charge in [0.25, 0.3) is 0 Å². The largest absolute Gasteiger partial charge is 0.325 e. The first-order valence-electron chi connectivity index (χ1n) is 8.53. The van der Waals surface area contributed by atoms with E-state index in [0.29, 0.717) is 17.2 Å². The Bertz CT molecular complexity index is 380. The Morgan fingerprint density at radius 2 is 1.85 bits per heavy atom. The number of carbonyl (C=O) groups excluding carboxylic acids is 1. The van der Waals surface area contributed by atoms with Crippen molar-refractivity contribution in [1.29, 1.82) is 0 Å². The number of hydrogen-bond donors (Lipinski definition) is 1. The van der Waals surface area contributed by atoms with Crippen LogP contribution < -0.4 is 5.32 Å². The second-order valence-electron chi connectivity index (χ2n) is 8.18. The summed E-state index contributed by atoms with van der Waals surface area (Å²) in [5.74, 6) is 1.03. The molecule has 1 atom stereocenters. The van der Waals surface area contributed by atoms with E-state index in [4.69, 9.17) is 0 Å². The van der Waals surface area contributed by atoms with Gasteiger partial charge in [-0.05, 0) is 43.4 Å². The van der Waals surface area contributed by atoms with Crippen LogP contribution in [0.3, 0.4) is 0 Å². The van der Waals surface area contributed by atoms with Gasteiger partial charge in [0.15, 0.2) is 0 Å². The lowest BCUT2D eigenvalue weighted by Gasteiger charge is -2.39. The van der Waals surface area contributed by atoms with E-state index >= 15 is 0 Å². The molecule has 0 bridgehead atoms. The Kier molecular flexibility index (Phi) is 3.60. The first-order valence-corrected chi connectivity index (χ1v) is 8.53. The standard InChI is InChI=1S/C17H30N2O/c1-13(2)11-14-18-17(9-10-17)15(20)19(14)12-16(3)7-5-4-6-8-16/h13-14,18H,4-12H2,1-3H3. The maximum atomic E-state index is 12.8. The minimum atomic E-state index is -0.148. The number of carbonyl (C=O) groups is 1. The Labute approximate surface area is 123 Å². The predicted molar refractivity (Wildman–Crippen MR) is 81.2 cm³/mol. The van der Waals surface area contributed by atoms with Crippen LogP contribution in [0.2, 0.25) is 0 Å². The summed E-state index contributed by atoms with van der Waals surface area (Å²) in [6.45, 7) is 7.87. The molecule has 3 rings (SSSR count). The second-order valence-corrected chi connectivity index (χ2v) is 8.18. The van der Waals surface area contributed by atoms with Gasteiger partial charge in [0, 0.05) is 6.54 Å². The van der Waals surface area contributed by atoms with Crippen molar-refractivity contribution in [2.45, 2.75) is 83.8 Å². The van der Waals surface area contributed by atoms with Crippen LogP contribution in [0.15, 0.2) is 0 Å². The molecule has 1 aliphatic heterocycles. The van der Waals surface area contributed by atoms with Gasteiger partial charge in [0.2, 0.25) is 5.91 Å². The highest BCUT2D eigenvalue weighted by molar-refractivity contribution is 5.91. The summed E-state index contributed by atoms with van der Waals surface area (Å²) < 4.78 is 0. The van der Waals surface area contributed by atoms with Gasteiger partial charge in [-0.2, -0.15) is 0 Å². The molecule has 3 fully saturated rings. The maximum Gasteiger partial charge on any atom is 0.244 e. The molecule has 1 saturated heterocycles. The van der Waals surface area contributed by atoms with Crippen LogP contribution in [0.25, 0.3) is 0 Å². The van der Waals surface area contributed by atoms with Crippen LogP contribution in [-0.4, -0.2) is 29.1 Å². The molecule has 1 N–H and O–H groups in total. The molecule has 20 heavy (non-hydrogen) atoms. The van der Waals surface area contributed by atoms with Crippen molar-refractivity contribution in [3.05, 3.63) is 0 Å². The smallest absolute Gasteiger partial charge is 0.244 e. The monoisotopic (exact) mass is 278 g/mol. The summed E-state index contributed by atoms with van der Waals surface area (Å²) in [5, 5.41) is 3.66. The molecule has 0 aromatic carbocycles. The van der Waals surface area contributed by atoms with Gasteiger partial charge in [-0.1, -0.05) is 40.0 Å². The Morgan fingerprint density at radius 3 is 2.40 bits per heavy atom. The highest BCUT2D eigenvalue weighted by Crippen LogP contribution is 2.45. The van der Waals surface area contributed by atoms with Crippen LogP contribution in [-0.2, 0) is 4.79 Å². The SMILES string of the molecule is CC(C)CC1NC2(CC2)C(=O)N1CC1(C)CCCCC1. The fourth-order valence-corrected chi connectivity index (χ4v) is 4.15. The predicted octanol–water partition coefficient (Wildman–Crippen LogP) is 3.29. The molecule has 2 saturated carbocycles. The fraction of sp³-hybridized carbons (Fsp3) is 0.941. The van der Waals surface area contributed by atoms with Gasteiger partial charge in [-0.25, -0.2) is 0 Å². The van der Waals surface area contributed by atoms with Crippen molar-refractivity contribution in [3.63, 3.8) is 0 Å². The van der Waals surface area contributed by atoms with Crippen molar-refractivity contribution >= 4 is 5.91 Å². The average Bonchev–Trinajstić information content (AvgIpc) is 3.11. The molecule has 1 unspecified atom stereocenters. The molecule has 1 spiro atoms. The van der Waals surface area contributed by atoms with Crippen LogP contribution in [0, 0.1) is 11.3 Å². The van der Waals surface area contributed by atoms with Gasteiger partial charge >= 0.3 is 0 Å². The van der Waals surface area contributed by atoms with E-state index in [9.17, 15) is 4.79 Å². The Hall–Kier alpha value is -0.570. The quantitative estimate of drug-likeness (QED) is 0.856. The molecule has 0 radical (unpaired) electrons. The maximum absolute atomic E-state index is 12.8. The molecule has 2 aliphatic carbocycles. The van der Waals surface area contributed by atoms with Crippen LogP contribution >= 0.6 is 0 Å². The Balaban J connectivity index is 1.72.